The first-order valence-electron chi connectivity index (χ1n) is 11.6. The summed E-state index contributed by atoms with van der Waals surface area (Å²) in [5.41, 5.74) is 3.07. The number of carboxylic acids is 1. The minimum absolute atomic E-state index is 0.0813. The van der Waals surface area contributed by atoms with Crippen LogP contribution in [0.15, 0.2) is 12.1 Å². The summed E-state index contributed by atoms with van der Waals surface area (Å²) in [6.07, 6.45) is 8.60. The fourth-order valence-corrected chi connectivity index (χ4v) is 5.39. The van der Waals surface area contributed by atoms with Gasteiger partial charge in [-0.05, 0) is 69.7 Å². The summed E-state index contributed by atoms with van der Waals surface area (Å²) in [4.78, 5) is 16.6. The Balaban J connectivity index is 2.01. The molecule has 168 valence electrons. The van der Waals surface area contributed by atoms with Crippen molar-refractivity contribution in [2.45, 2.75) is 103 Å². The van der Waals surface area contributed by atoms with Gasteiger partial charge in [0.25, 0.3) is 0 Å². The number of carbonyl (C=O) groups is 1. The topological polar surface area (TPSA) is 77.2 Å². The van der Waals surface area contributed by atoms with E-state index in [1.807, 2.05) is 4.68 Å². The van der Waals surface area contributed by atoms with Gasteiger partial charge in [-0.1, -0.05) is 33.1 Å². The molecule has 0 aromatic carbocycles. The van der Waals surface area contributed by atoms with Crippen molar-refractivity contribution in [2.24, 2.45) is 0 Å². The first kappa shape index (κ1) is 22.0. The number of aromatic nitrogens is 3. The molecule has 2 aliphatic rings. The van der Waals surface area contributed by atoms with E-state index < -0.39 is 11.6 Å². The summed E-state index contributed by atoms with van der Waals surface area (Å²) in [5.74, 6) is -0.790. The molecule has 6 heteroatoms. The highest BCUT2D eigenvalue weighted by atomic mass is 16.5. The number of fused-ring (bicyclic) bond motifs is 1. The summed E-state index contributed by atoms with van der Waals surface area (Å²) in [7, 11) is 0. The molecule has 1 aliphatic carbocycles. The monoisotopic (exact) mass is 425 g/mol. The van der Waals surface area contributed by atoms with Gasteiger partial charge in [-0.15, -0.1) is 0 Å². The molecule has 1 aliphatic heterocycles. The molecule has 1 fully saturated rings. The van der Waals surface area contributed by atoms with Crippen LogP contribution < -0.4 is 0 Å². The van der Waals surface area contributed by atoms with Crippen LogP contribution in [0, 0.1) is 0 Å². The van der Waals surface area contributed by atoms with Crippen LogP contribution in [0.2, 0.25) is 0 Å². The third kappa shape index (κ3) is 4.27. The van der Waals surface area contributed by atoms with Crippen LogP contribution in [0.4, 0.5) is 0 Å². The number of hydrogen-bond donors (Lipinski definition) is 1. The first-order valence-corrected chi connectivity index (χ1v) is 11.6. The zero-order chi connectivity index (χ0) is 22.6. The molecule has 0 unspecified atom stereocenters. The third-order valence-electron chi connectivity index (χ3n) is 6.40. The molecule has 0 amide bonds. The molecule has 0 bridgehead atoms. The van der Waals surface area contributed by atoms with Crippen LogP contribution in [-0.4, -0.2) is 37.0 Å². The van der Waals surface area contributed by atoms with Gasteiger partial charge in [0.2, 0.25) is 0 Å². The minimum Gasteiger partial charge on any atom is -0.477 e. The number of carboxylic acid groups (broad SMARTS) is 1. The Morgan fingerprint density at radius 1 is 1.19 bits per heavy atom. The Labute approximate surface area is 184 Å². The van der Waals surface area contributed by atoms with Gasteiger partial charge in [0.1, 0.15) is 0 Å². The Bertz CT molecular complexity index is 1040. The number of nitrogens with zero attached hydrogens (tertiary/aromatic N) is 3. The summed E-state index contributed by atoms with van der Waals surface area (Å²) in [5, 5.41) is 15.9. The van der Waals surface area contributed by atoms with E-state index in [1.54, 1.807) is 6.07 Å². The second kappa shape index (κ2) is 7.73. The Morgan fingerprint density at radius 3 is 2.45 bits per heavy atom. The number of ether oxygens (including phenoxy) is 1. The molecular weight excluding hydrogens is 390 g/mol. The second-order valence-electron chi connectivity index (χ2n) is 10.6. The zero-order valence-electron chi connectivity index (χ0n) is 19.7. The van der Waals surface area contributed by atoms with Crippen molar-refractivity contribution in [1.82, 2.24) is 14.8 Å². The van der Waals surface area contributed by atoms with E-state index in [1.165, 1.54) is 19.3 Å². The lowest BCUT2D eigenvalue weighted by atomic mass is 9.84. The van der Waals surface area contributed by atoms with E-state index in [-0.39, 0.29) is 23.3 Å². The predicted molar refractivity (Wildman–Crippen MR) is 123 cm³/mol. The highest BCUT2D eigenvalue weighted by molar-refractivity contribution is 5.97. The van der Waals surface area contributed by atoms with Crippen molar-refractivity contribution < 1.29 is 14.6 Å². The second-order valence-corrected chi connectivity index (χ2v) is 10.6. The maximum absolute atomic E-state index is 12.0. The summed E-state index contributed by atoms with van der Waals surface area (Å²) < 4.78 is 8.29. The standard InChI is InChI=1S/C25H35N3O3/c1-15(2)21-20-18(16-13-24(3,4)31-25(5,6)14-16)12-19(23(29)30)26-22(20)28(27-21)17-10-8-7-9-11-17/h12-13,15,17H,7-11,14H2,1-6H3,(H,29,30). The van der Waals surface area contributed by atoms with Crippen molar-refractivity contribution in [2.75, 3.05) is 0 Å². The van der Waals surface area contributed by atoms with Crippen LogP contribution >= 0.6 is 0 Å². The molecule has 6 nitrogen and oxygen atoms in total. The molecule has 0 atom stereocenters. The molecule has 0 spiro atoms. The maximum Gasteiger partial charge on any atom is 0.354 e. The van der Waals surface area contributed by atoms with Gasteiger partial charge >= 0.3 is 5.97 Å². The molecule has 0 saturated heterocycles. The van der Waals surface area contributed by atoms with Crippen LogP contribution in [0.25, 0.3) is 16.6 Å². The predicted octanol–water partition coefficient (Wildman–Crippen LogP) is 6.12. The van der Waals surface area contributed by atoms with Gasteiger partial charge in [-0.3, -0.25) is 0 Å². The summed E-state index contributed by atoms with van der Waals surface area (Å²) in [6.45, 7) is 12.6. The van der Waals surface area contributed by atoms with E-state index in [4.69, 9.17) is 9.84 Å². The zero-order valence-corrected chi connectivity index (χ0v) is 19.7. The lowest BCUT2D eigenvalue weighted by molar-refractivity contribution is -0.100. The number of rotatable bonds is 4. The van der Waals surface area contributed by atoms with Gasteiger partial charge in [-0.2, -0.15) is 5.10 Å². The van der Waals surface area contributed by atoms with Crippen LogP contribution in [0.5, 0.6) is 0 Å². The average molecular weight is 426 g/mol. The van der Waals surface area contributed by atoms with Crippen molar-refractivity contribution >= 4 is 22.6 Å². The van der Waals surface area contributed by atoms with Gasteiger partial charge in [0, 0.05) is 6.42 Å². The highest BCUT2D eigenvalue weighted by Crippen LogP contribution is 2.42. The molecule has 4 rings (SSSR count). The lowest BCUT2D eigenvalue weighted by Crippen LogP contribution is -2.39. The maximum atomic E-state index is 12.0. The number of aromatic carboxylic acids is 1. The first-order chi connectivity index (χ1) is 14.5. The Hall–Kier alpha value is -2.21. The molecule has 3 heterocycles. The average Bonchev–Trinajstić information content (AvgIpc) is 3.05. The summed E-state index contributed by atoms with van der Waals surface area (Å²) >= 11 is 0. The van der Waals surface area contributed by atoms with Gasteiger partial charge in [0.05, 0.1) is 28.3 Å². The van der Waals surface area contributed by atoms with Crippen molar-refractivity contribution in [3.8, 4) is 0 Å². The van der Waals surface area contributed by atoms with E-state index in [2.05, 4.69) is 52.6 Å². The van der Waals surface area contributed by atoms with Crippen LogP contribution in [0.1, 0.15) is 114 Å². The molecular formula is C25H35N3O3. The van der Waals surface area contributed by atoms with Crippen molar-refractivity contribution in [1.29, 1.82) is 0 Å². The van der Waals surface area contributed by atoms with Crippen LogP contribution in [-0.2, 0) is 4.74 Å². The minimum atomic E-state index is -1.00. The van der Waals surface area contributed by atoms with Gasteiger partial charge < -0.3 is 9.84 Å². The Kier molecular flexibility index (Phi) is 5.49. The van der Waals surface area contributed by atoms with E-state index in [0.717, 1.165) is 35.1 Å². The van der Waals surface area contributed by atoms with E-state index in [0.29, 0.717) is 12.1 Å². The normalized spacial score (nSPS) is 21.5. The number of hydrogen-bond acceptors (Lipinski definition) is 4. The van der Waals surface area contributed by atoms with E-state index in [9.17, 15) is 9.90 Å². The smallest absolute Gasteiger partial charge is 0.354 e. The fraction of sp³-hybridized carbons (Fsp3) is 0.640. The van der Waals surface area contributed by atoms with Gasteiger partial charge in [0.15, 0.2) is 11.3 Å². The largest absolute Gasteiger partial charge is 0.477 e. The SMILES string of the molecule is CC(C)c1nn(C2CCCCC2)c2nc(C(=O)O)cc(C3=CC(C)(C)OC(C)(C)C3)c12. The molecule has 0 radical (unpaired) electrons. The highest BCUT2D eigenvalue weighted by Gasteiger charge is 2.36. The molecule has 2 aromatic heterocycles. The van der Waals surface area contributed by atoms with E-state index >= 15 is 0 Å². The Morgan fingerprint density at radius 2 is 1.87 bits per heavy atom. The molecule has 1 N–H and O–H groups in total. The van der Waals surface area contributed by atoms with Crippen LogP contribution in [0.3, 0.4) is 0 Å². The summed E-state index contributed by atoms with van der Waals surface area (Å²) in [6, 6.07) is 2.02. The van der Waals surface area contributed by atoms with Crippen molar-refractivity contribution in [3.63, 3.8) is 0 Å². The third-order valence-corrected chi connectivity index (χ3v) is 6.40. The lowest BCUT2D eigenvalue weighted by Gasteiger charge is -2.40. The van der Waals surface area contributed by atoms with Crippen molar-refractivity contribution in [3.05, 3.63) is 29.1 Å². The quantitative estimate of drug-likeness (QED) is 0.638. The number of pyridine rings is 1. The fourth-order valence-electron chi connectivity index (χ4n) is 5.39. The van der Waals surface area contributed by atoms with Gasteiger partial charge in [-0.25, -0.2) is 14.5 Å². The molecule has 31 heavy (non-hydrogen) atoms. The molecule has 2 aromatic rings. The molecule has 1 saturated carbocycles.